The van der Waals surface area contributed by atoms with Gasteiger partial charge in [0.2, 0.25) is 0 Å². The van der Waals surface area contributed by atoms with Gasteiger partial charge in [-0.1, -0.05) is 23.7 Å². The van der Waals surface area contributed by atoms with E-state index in [1.165, 1.54) is 12.1 Å². The van der Waals surface area contributed by atoms with Crippen molar-refractivity contribution in [1.82, 2.24) is 20.0 Å². The van der Waals surface area contributed by atoms with Crippen LogP contribution in [0, 0.1) is 5.82 Å². The number of anilines is 1. The van der Waals surface area contributed by atoms with Crippen molar-refractivity contribution >= 4 is 34.7 Å². The highest BCUT2D eigenvalue weighted by Crippen LogP contribution is 2.23. The van der Waals surface area contributed by atoms with Crippen molar-refractivity contribution in [3.8, 4) is 10.6 Å². The summed E-state index contributed by atoms with van der Waals surface area (Å²) < 4.78 is 14.7. The van der Waals surface area contributed by atoms with Crippen LogP contribution in [0.3, 0.4) is 0 Å². The van der Waals surface area contributed by atoms with E-state index in [4.69, 9.17) is 11.6 Å². The number of carbonyl (C=O) groups excluding carboxylic acids is 1. The summed E-state index contributed by atoms with van der Waals surface area (Å²) in [6.07, 6.45) is 1.71. The molecule has 0 aliphatic heterocycles. The lowest BCUT2D eigenvalue weighted by molar-refractivity contribution is 0.102. The van der Waals surface area contributed by atoms with Crippen molar-refractivity contribution in [3.05, 3.63) is 76.1 Å². The number of thiophene rings is 1. The van der Waals surface area contributed by atoms with E-state index in [1.54, 1.807) is 40.4 Å². The third-order valence-electron chi connectivity index (χ3n) is 3.83. The van der Waals surface area contributed by atoms with Crippen LogP contribution in [0.15, 0.2) is 54.0 Å². The quantitative estimate of drug-likeness (QED) is 0.519. The minimum Gasteiger partial charge on any atom is -0.304 e. The molecule has 0 fully saturated rings. The highest BCUT2D eigenvalue weighted by atomic mass is 35.5. The zero-order valence-corrected chi connectivity index (χ0v) is 15.4. The van der Waals surface area contributed by atoms with Crippen LogP contribution in [0.1, 0.15) is 16.1 Å². The smallest absolute Gasteiger partial charge is 0.277 e. The Morgan fingerprint density at radius 3 is 2.96 bits per heavy atom. The molecule has 9 heteroatoms. The molecule has 0 saturated carbocycles. The van der Waals surface area contributed by atoms with Gasteiger partial charge in [-0.15, -0.1) is 11.3 Å². The van der Waals surface area contributed by atoms with Crippen LogP contribution in [0.5, 0.6) is 0 Å². The van der Waals surface area contributed by atoms with Crippen LogP contribution in [0.2, 0.25) is 5.02 Å². The number of benzene rings is 1. The lowest BCUT2D eigenvalue weighted by Gasteiger charge is -2.04. The van der Waals surface area contributed by atoms with E-state index in [9.17, 15) is 9.18 Å². The van der Waals surface area contributed by atoms with Crippen molar-refractivity contribution in [2.24, 2.45) is 0 Å². The van der Waals surface area contributed by atoms with E-state index < -0.39 is 5.82 Å². The maximum absolute atomic E-state index is 13.1. The lowest BCUT2D eigenvalue weighted by atomic mass is 10.2. The predicted octanol–water partition coefficient (Wildman–Crippen LogP) is 4.43. The largest absolute Gasteiger partial charge is 0.304 e. The fourth-order valence-corrected chi connectivity index (χ4v) is 3.44. The van der Waals surface area contributed by atoms with Crippen molar-refractivity contribution < 1.29 is 9.18 Å². The molecule has 3 aromatic heterocycles. The second-order valence-corrected chi connectivity index (χ2v) is 7.09. The van der Waals surface area contributed by atoms with Crippen LogP contribution >= 0.6 is 22.9 Å². The summed E-state index contributed by atoms with van der Waals surface area (Å²) in [7, 11) is 0. The van der Waals surface area contributed by atoms with Crippen LogP contribution in [0.25, 0.3) is 10.6 Å². The monoisotopic (exact) mass is 401 g/mol. The van der Waals surface area contributed by atoms with Crippen LogP contribution in [-0.2, 0) is 6.54 Å². The molecule has 4 rings (SSSR count). The van der Waals surface area contributed by atoms with Crippen LogP contribution in [-0.4, -0.2) is 25.9 Å². The molecule has 3 heterocycles. The molecule has 1 aromatic carbocycles. The third-order valence-corrected chi connectivity index (χ3v) is 5.08. The second kappa shape index (κ2) is 7.34. The number of aromatic amines is 1. The predicted molar refractivity (Wildman–Crippen MR) is 103 cm³/mol. The Morgan fingerprint density at radius 1 is 1.30 bits per heavy atom. The average molecular weight is 402 g/mol. The molecule has 0 atom stereocenters. The third kappa shape index (κ3) is 3.91. The highest BCUT2D eigenvalue weighted by Gasteiger charge is 2.13. The first-order chi connectivity index (χ1) is 13.1. The van der Waals surface area contributed by atoms with Gasteiger partial charge in [0.15, 0.2) is 11.5 Å². The summed E-state index contributed by atoms with van der Waals surface area (Å²) in [6, 6.07) is 11.4. The molecular weight excluding hydrogens is 389 g/mol. The van der Waals surface area contributed by atoms with E-state index >= 15 is 0 Å². The molecule has 6 nitrogen and oxygen atoms in total. The summed E-state index contributed by atoms with van der Waals surface area (Å²) in [5.41, 5.74) is 1.79. The fourth-order valence-electron chi connectivity index (χ4n) is 2.52. The number of H-pyrrole nitrogens is 1. The molecule has 0 spiro atoms. The zero-order valence-electron chi connectivity index (χ0n) is 13.8. The highest BCUT2D eigenvalue weighted by molar-refractivity contribution is 7.13. The minimum absolute atomic E-state index is 0.273. The number of halogens is 2. The first kappa shape index (κ1) is 17.4. The van der Waals surface area contributed by atoms with Crippen molar-refractivity contribution in [3.63, 3.8) is 0 Å². The van der Waals surface area contributed by atoms with Gasteiger partial charge in [0.25, 0.3) is 5.91 Å². The number of aromatic nitrogens is 4. The summed E-state index contributed by atoms with van der Waals surface area (Å²) in [5.74, 6) is -0.365. The number of carbonyl (C=O) groups is 1. The van der Waals surface area contributed by atoms with Gasteiger partial charge in [-0.3, -0.25) is 14.6 Å². The number of hydrogen-bond acceptors (Lipinski definition) is 4. The molecule has 0 aliphatic carbocycles. The van der Waals surface area contributed by atoms with Gasteiger partial charge in [0.1, 0.15) is 5.82 Å². The Labute approximate surface area is 162 Å². The summed E-state index contributed by atoms with van der Waals surface area (Å²) in [4.78, 5) is 13.4. The first-order valence-electron chi connectivity index (χ1n) is 7.96. The van der Waals surface area contributed by atoms with Crippen molar-refractivity contribution in [2.75, 3.05) is 5.32 Å². The van der Waals surface area contributed by atoms with Gasteiger partial charge in [-0.05, 0) is 35.2 Å². The van der Waals surface area contributed by atoms with Crippen LogP contribution in [0.4, 0.5) is 10.2 Å². The number of rotatable bonds is 5. The number of hydrogen-bond donors (Lipinski definition) is 2. The van der Waals surface area contributed by atoms with Crippen LogP contribution < -0.4 is 5.32 Å². The Kier molecular flexibility index (Phi) is 4.74. The Hall–Kier alpha value is -2.97. The SMILES string of the molecule is O=C(Nc1ccn(Cc2ccc(F)cc2Cl)n1)c1cc(-c2cccs2)[nH]n1. The van der Waals surface area contributed by atoms with Gasteiger partial charge < -0.3 is 5.32 Å². The molecule has 0 bridgehead atoms. The standard InChI is InChI=1S/C18H13ClFN5OS/c19-13-8-12(20)4-3-11(13)10-25-6-5-17(24-25)21-18(26)15-9-14(22-23-15)16-2-1-7-27-16/h1-9H,10H2,(H,22,23)(H,21,24,26). The molecule has 0 aliphatic rings. The molecule has 2 N–H and O–H groups in total. The summed E-state index contributed by atoms with van der Waals surface area (Å²) >= 11 is 7.59. The van der Waals surface area contributed by atoms with Gasteiger partial charge in [0.05, 0.1) is 17.1 Å². The Bertz CT molecular complexity index is 1090. The van der Waals surface area contributed by atoms with Crippen molar-refractivity contribution in [2.45, 2.75) is 6.54 Å². The molecule has 4 aromatic rings. The van der Waals surface area contributed by atoms with E-state index in [0.29, 0.717) is 17.4 Å². The van der Waals surface area contributed by atoms with E-state index in [1.807, 2.05) is 17.5 Å². The molecular formula is C18H13ClFN5OS. The molecule has 136 valence electrons. The molecule has 27 heavy (non-hydrogen) atoms. The number of nitrogens with zero attached hydrogens (tertiary/aromatic N) is 3. The second-order valence-electron chi connectivity index (χ2n) is 5.73. The summed E-state index contributed by atoms with van der Waals surface area (Å²) in [6.45, 7) is 0.361. The van der Waals surface area contributed by atoms with Gasteiger partial charge >= 0.3 is 0 Å². The van der Waals surface area contributed by atoms with E-state index in [-0.39, 0.29) is 11.6 Å². The van der Waals surface area contributed by atoms with Gasteiger partial charge in [-0.2, -0.15) is 10.2 Å². The average Bonchev–Trinajstić information content (AvgIpc) is 3.37. The van der Waals surface area contributed by atoms with Gasteiger partial charge in [0, 0.05) is 17.3 Å². The Balaban J connectivity index is 1.44. The first-order valence-corrected chi connectivity index (χ1v) is 9.22. The van der Waals surface area contributed by atoms with E-state index in [2.05, 4.69) is 20.6 Å². The zero-order chi connectivity index (χ0) is 18.8. The minimum atomic E-state index is -0.391. The summed E-state index contributed by atoms with van der Waals surface area (Å²) in [5, 5.41) is 16.2. The molecule has 0 radical (unpaired) electrons. The maximum Gasteiger partial charge on any atom is 0.277 e. The normalized spacial score (nSPS) is 10.9. The van der Waals surface area contributed by atoms with Crippen molar-refractivity contribution in [1.29, 1.82) is 0 Å². The van der Waals surface area contributed by atoms with E-state index in [0.717, 1.165) is 16.1 Å². The van der Waals surface area contributed by atoms with Gasteiger partial charge in [-0.25, -0.2) is 4.39 Å². The fraction of sp³-hybridized carbons (Fsp3) is 0.0556. The topological polar surface area (TPSA) is 75.6 Å². The molecule has 1 amide bonds. The lowest BCUT2D eigenvalue weighted by Crippen LogP contribution is -2.13. The number of nitrogens with one attached hydrogen (secondary N) is 2. The number of amides is 1. The maximum atomic E-state index is 13.1. The molecule has 0 saturated heterocycles. The Morgan fingerprint density at radius 2 is 2.19 bits per heavy atom. The molecule has 0 unspecified atom stereocenters.